The van der Waals surface area contributed by atoms with E-state index in [1.165, 1.54) is 25.0 Å². The zero-order chi connectivity index (χ0) is 33.5. The lowest BCUT2D eigenvalue weighted by atomic mass is 10.0. The molecule has 2 amide bonds. The summed E-state index contributed by atoms with van der Waals surface area (Å²) in [6, 6.07) is 1.96. The van der Waals surface area contributed by atoms with Gasteiger partial charge in [0.2, 0.25) is 23.9 Å². The molecule has 16 heteroatoms. The number of pyridine rings is 1. The number of methoxy groups -OCH3 is 2. The summed E-state index contributed by atoms with van der Waals surface area (Å²) < 4.78 is 54.6. The summed E-state index contributed by atoms with van der Waals surface area (Å²) in [6.07, 6.45) is 0.0463. The number of hydrogen-bond acceptors (Lipinski definition) is 11. The summed E-state index contributed by atoms with van der Waals surface area (Å²) in [5.41, 5.74) is -1.66. The van der Waals surface area contributed by atoms with E-state index in [1.54, 1.807) is 18.7 Å². The van der Waals surface area contributed by atoms with Crippen molar-refractivity contribution in [1.82, 2.24) is 14.8 Å². The Balaban J connectivity index is 0.00000600. The molecule has 1 N–H and O–H groups in total. The van der Waals surface area contributed by atoms with Crippen LogP contribution in [0, 0.1) is 11.6 Å². The quantitative estimate of drug-likeness (QED) is 0.126. The Morgan fingerprint density at radius 2 is 1.93 bits per heavy atom. The van der Waals surface area contributed by atoms with Gasteiger partial charge in [-0.1, -0.05) is 11.2 Å². The molecule has 2 aromatic rings. The average Bonchev–Trinajstić information content (AvgIpc) is 3.18. The molecule has 14 nitrogen and oxygen atoms in total. The third kappa shape index (κ3) is 7.73. The number of nitrogens with one attached hydrogen (secondary N) is 1. The van der Waals surface area contributed by atoms with Crippen LogP contribution in [0.1, 0.15) is 67.5 Å². The first-order valence-electron chi connectivity index (χ1n) is 14.5. The smallest absolute Gasteiger partial charge is 0.482 e. The number of fused-ring (bicyclic) bond motifs is 4. The van der Waals surface area contributed by atoms with Gasteiger partial charge in [0.05, 0.1) is 19.3 Å². The summed E-state index contributed by atoms with van der Waals surface area (Å²) in [5, 5.41) is 6.47. The first-order valence-corrected chi connectivity index (χ1v) is 14.5. The van der Waals surface area contributed by atoms with Gasteiger partial charge in [-0.25, -0.2) is 13.6 Å². The molecule has 46 heavy (non-hydrogen) atoms. The van der Waals surface area contributed by atoms with Crippen LogP contribution in [-0.4, -0.2) is 85.7 Å². The Morgan fingerprint density at radius 1 is 1.17 bits per heavy atom. The largest absolute Gasteiger partial charge is 0.511 e. The van der Waals surface area contributed by atoms with Crippen LogP contribution in [0.15, 0.2) is 34.3 Å². The van der Waals surface area contributed by atoms with Gasteiger partial charge >= 0.3 is 6.16 Å². The van der Waals surface area contributed by atoms with E-state index in [9.17, 15) is 28.0 Å². The SMILES string of the molecule is CO/C(C)=N/O[C@@H]1CC[C@H](C)N2CC1n1cc(C(=O)NCc3ccc(F)cc3F)c(=O)c(OCOC(=O)OC[C@H](C)OC)c1C2=O.[HH]. The Labute approximate surface area is 264 Å². The predicted octanol–water partition coefficient (Wildman–Crippen LogP) is 3.37. The molecule has 3 heterocycles. The van der Waals surface area contributed by atoms with E-state index >= 15 is 0 Å². The maximum Gasteiger partial charge on any atom is 0.511 e. The van der Waals surface area contributed by atoms with Crippen LogP contribution in [0.25, 0.3) is 0 Å². The monoisotopic (exact) mass is 652 g/mol. The third-order valence-electron chi connectivity index (χ3n) is 7.76. The lowest BCUT2D eigenvalue weighted by Gasteiger charge is -2.38. The fraction of sp³-hybridized carbons (Fsp3) is 0.500. The molecule has 1 aromatic carbocycles. The van der Waals surface area contributed by atoms with Crippen molar-refractivity contribution in [2.75, 3.05) is 34.2 Å². The van der Waals surface area contributed by atoms with Gasteiger partial charge in [0.25, 0.3) is 11.8 Å². The Bertz CT molecular complexity index is 1560. The van der Waals surface area contributed by atoms with E-state index in [4.69, 9.17) is 28.5 Å². The third-order valence-corrected chi connectivity index (χ3v) is 7.76. The van der Waals surface area contributed by atoms with Crippen molar-refractivity contribution in [2.24, 2.45) is 5.16 Å². The van der Waals surface area contributed by atoms with Crippen LogP contribution in [0.3, 0.4) is 0 Å². The molecule has 4 atom stereocenters. The van der Waals surface area contributed by atoms with E-state index in [-0.39, 0.29) is 44.3 Å². The highest BCUT2D eigenvalue weighted by Gasteiger charge is 2.44. The number of rotatable bonds is 11. The second-order valence-electron chi connectivity index (χ2n) is 10.8. The molecule has 2 bridgehead atoms. The highest BCUT2D eigenvalue weighted by molar-refractivity contribution is 5.99. The van der Waals surface area contributed by atoms with Gasteiger partial charge in [-0.3, -0.25) is 14.4 Å². The van der Waals surface area contributed by atoms with Crippen LogP contribution < -0.4 is 15.5 Å². The summed E-state index contributed by atoms with van der Waals surface area (Å²) in [7, 11) is 2.87. The topological polar surface area (TPSA) is 156 Å². The van der Waals surface area contributed by atoms with Gasteiger partial charge in [0.15, 0.2) is 5.69 Å². The summed E-state index contributed by atoms with van der Waals surface area (Å²) in [5.74, 6) is -3.46. The zero-order valence-corrected chi connectivity index (χ0v) is 26.0. The number of oxime groups is 1. The van der Waals surface area contributed by atoms with Crippen LogP contribution in [-0.2, 0) is 30.3 Å². The van der Waals surface area contributed by atoms with Crippen molar-refractivity contribution in [3.05, 3.63) is 63.1 Å². The Hall–Kier alpha value is -4.73. The summed E-state index contributed by atoms with van der Waals surface area (Å²) in [6.45, 7) is 3.95. The van der Waals surface area contributed by atoms with Gasteiger partial charge in [-0.05, 0) is 32.8 Å². The van der Waals surface area contributed by atoms with Gasteiger partial charge in [0.1, 0.15) is 29.9 Å². The molecular formula is C30H38F2N4O10. The minimum absolute atomic E-state index is 0. The van der Waals surface area contributed by atoms with Crippen molar-refractivity contribution >= 4 is 23.9 Å². The van der Waals surface area contributed by atoms with E-state index in [0.717, 1.165) is 12.1 Å². The minimum atomic E-state index is -1.12. The number of amides is 2. The fourth-order valence-electron chi connectivity index (χ4n) is 4.98. The van der Waals surface area contributed by atoms with E-state index in [1.807, 2.05) is 6.92 Å². The molecule has 0 aliphatic carbocycles. The molecule has 4 rings (SSSR count). The van der Waals surface area contributed by atoms with Gasteiger partial charge in [-0.2, -0.15) is 0 Å². The van der Waals surface area contributed by atoms with Crippen molar-refractivity contribution in [1.29, 1.82) is 0 Å². The average molecular weight is 653 g/mol. The summed E-state index contributed by atoms with van der Waals surface area (Å²) >= 11 is 0. The van der Waals surface area contributed by atoms with E-state index in [2.05, 4.69) is 10.5 Å². The molecule has 0 radical (unpaired) electrons. The van der Waals surface area contributed by atoms with Crippen molar-refractivity contribution < 1.29 is 53.1 Å². The predicted molar refractivity (Wildman–Crippen MR) is 159 cm³/mol. The van der Waals surface area contributed by atoms with Crippen LogP contribution >= 0.6 is 0 Å². The van der Waals surface area contributed by atoms with Gasteiger partial charge in [-0.15, -0.1) is 0 Å². The maximum absolute atomic E-state index is 14.2. The molecule has 0 spiro atoms. The van der Waals surface area contributed by atoms with E-state index < -0.39 is 71.4 Å². The molecule has 252 valence electrons. The fourth-order valence-corrected chi connectivity index (χ4v) is 4.98. The maximum atomic E-state index is 14.2. The molecule has 1 unspecified atom stereocenters. The lowest BCUT2D eigenvalue weighted by molar-refractivity contribution is -0.0201. The van der Waals surface area contributed by atoms with Crippen LogP contribution in [0.2, 0.25) is 0 Å². The minimum Gasteiger partial charge on any atom is -0.482 e. The lowest BCUT2D eigenvalue weighted by Crippen LogP contribution is -2.49. The number of halogens is 2. The number of aromatic nitrogens is 1. The van der Waals surface area contributed by atoms with Crippen LogP contribution in [0.5, 0.6) is 5.75 Å². The highest BCUT2D eigenvalue weighted by Crippen LogP contribution is 2.36. The Kier molecular flexibility index (Phi) is 11.2. The second kappa shape index (κ2) is 15.0. The second-order valence-corrected chi connectivity index (χ2v) is 10.8. The number of benzene rings is 1. The first kappa shape index (κ1) is 34.1. The molecular weight excluding hydrogens is 614 g/mol. The van der Waals surface area contributed by atoms with Crippen LogP contribution in [0.4, 0.5) is 13.6 Å². The standard InChI is InChI=1S/C30H36F2N4O10.H2/c1-16-6-9-24(46-34-18(3)42-5)23-13-35(16)29(39)25-27(44-15-45-30(40)43-14-17(2)41-4)26(37)21(12-36(23)25)28(38)33-11-19-7-8-20(31)10-22(19)32;/h7-8,10,12,16-17,23-24H,6,9,11,13-15H2,1-5H3,(H,33,38);1H/b34-18+;/t16-,17-,23?,24+;/m0./s1. The molecule has 2 aliphatic rings. The highest BCUT2D eigenvalue weighted by atomic mass is 19.1. The van der Waals surface area contributed by atoms with Gasteiger partial charge in [0, 0.05) is 52.4 Å². The van der Waals surface area contributed by atoms with Gasteiger partial charge < -0.3 is 43.3 Å². The number of nitrogens with zero attached hydrogens (tertiary/aromatic N) is 3. The Morgan fingerprint density at radius 3 is 2.63 bits per heavy atom. The molecule has 2 aliphatic heterocycles. The van der Waals surface area contributed by atoms with E-state index in [0.29, 0.717) is 18.9 Å². The number of hydrogen-bond donors (Lipinski definition) is 1. The molecule has 1 saturated heterocycles. The molecule has 1 fully saturated rings. The zero-order valence-electron chi connectivity index (χ0n) is 26.0. The first-order chi connectivity index (χ1) is 21.9. The van der Waals surface area contributed by atoms with Crippen molar-refractivity contribution in [3.63, 3.8) is 0 Å². The summed E-state index contributed by atoms with van der Waals surface area (Å²) in [4.78, 5) is 60.4. The van der Waals surface area contributed by atoms with Crippen molar-refractivity contribution in [2.45, 2.75) is 64.4 Å². The number of carbonyl (C=O) groups excluding carboxylic acids is 3. The molecule has 1 aromatic heterocycles. The number of carbonyl (C=O) groups is 3. The number of ether oxygens (including phenoxy) is 5. The van der Waals surface area contributed by atoms with Crippen molar-refractivity contribution in [3.8, 4) is 5.75 Å². The molecule has 0 saturated carbocycles. The normalized spacial score (nSPS) is 19.8.